The zero-order valence-electron chi connectivity index (χ0n) is 10.5. The summed E-state index contributed by atoms with van der Waals surface area (Å²) in [5.74, 6) is 0.827. The zero-order chi connectivity index (χ0) is 13.0. The summed E-state index contributed by atoms with van der Waals surface area (Å²) in [4.78, 5) is 11.8. The summed E-state index contributed by atoms with van der Waals surface area (Å²) in [6, 6.07) is 7.65. The molecule has 1 atom stereocenters. The van der Waals surface area contributed by atoms with Gasteiger partial charge in [0.2, 0.25) is 0 Å². The Morgan fingerprint density at radius 2 is 2.06 bits per heavy atom. The average Bonchev–Trinajstić information content (AvgIpc) is 2.25. The molecule has 1 aromatic carbocycles. The van der Waals surface area contributed by atoms with E-state index in [4.69, 9.17) is 5.73 Å². The van der Waals surface area contributed by atoms with Gasteiger partial charge in [-0.05, 0) is 61.9 Å². The third-order valence-corrected chi connectivity index (χ3v) is 4.34. The molecule has 1 fully saturated rings. The van der Waals surface area contributed by atoms with Gasteiger partial charge in [-0.3, -0.25) is 4.72 Å². The number of amides is 2. The second-order valence-electron chi connectivity index (χ2n) is 4.71. The molecule has 1 unspecified atom stereocenters. The van der Waals surface area contributed by atoms with Crippen LogP contribution in [0.3, 0.4) is 0 Å². The number of hydrogen-bond donors (Lipinski definition) is 3. The van der Waals surface area contributed by atoms with Gasteiger partial charge in [-0.15, -0.1) is 0 Å². The highest BCUT2D eigenvalue weighted by atomic mass is 32.2. The molecule has 1 aliphatic carbocycles. The molecule has 4 N–H and O–H groups in total. The molecule has 4 nitrogen and oxygen atoms in total. The smallest absolute Gasteiger partial charge is 0.316 e. The molecule has 0 aromatic heterocycles. The quantitative estimate of drug-likeness (QED) is 0.717. The maximum Gasteiger partial charge on any atom is 0.316 e. The van der Waals surface area contributed by atoms with E-state index in [1.807, 2.05) is 24.3 Å². The number of nitrogens with one attached hydrogen (secondary N) is 2. The van der Waals surface area contributed by atoms with Gasteiger partial charge in [-0.1, -0.05) is 6.42 Å². The number of rotatable bonds is 5. The van der Waals surface area contributed by atoms with Gasteiger partial charge >= 0.3 is 6.03 Å². The van der Waals surface area contributed by atoms with Crippen LogP contribution >= 0.6 is 11.9 Å². The van der Waals surface area contributed by atoms with Crippen LogP contribution in [0.5, 0.6) is 0 Å². The first-order valence-electron chi connectivity index (χ1n) is 6.24. The monoisotopic (exact) mass is 265 g/mol. The van der Waals surface area contributed by atoms with Gasteiger partial charge in [0.05, 0.1) is 0 Å². The minimum absolute atomic E-state index is 0.535. The number of urea groups is 1. The van der Waals surface area contributed by atoms with Gasteiger partial charge < -0.3 is 11.1 Å². The van der Waals surface area contributed by atoms with Crippen molar-refractivity contribution in [3.63, 3.8) is 0 Å². The SMILES string of the molecule is CC(NSc1ccc(NC(N)=O)cc1)C1CCC1. The van der Waals surface area contributed by atoms with Gasteiger partial charge in [0.1, 0.15) is 0 Å². The van der Waals surface area contributed by atoms with Crippen LogP contribution in [0.2, 0.25) is 0 Å². The van der Waals surface area contributed by atoms with Crippen molar-refractivity contribution in [2.24, 2.45) is 11.7 Å². The first-order chi connectivity index (χ1) is 8.65. The van der Waals surface area contributed by atoms with E-state index < -0.39 is 6.03 Å². The molecule has 1 aromatic rings. The van der Waals surface area contributed by atoms with Crippen molar-refractivity contribution in [3.05, 3.63) is 24.3 Å². The van der Waals surface area contributed by atoms with Crippen LogP contribution < -0.4 is 15.8 Å². The molecule has 98 valence electrons. The molecule has 0 spiro atoms. The van der Waals surface area contributed by atoms with Gasteiger partial charge in [0, 0.05) is 16.6 Å². The van der Waals surface area contributed by atoms with Gasteiger partial charge in [0.15, 0.2) is 0 Å². The van der Waals surface area contributed by atoms with Crippen molar-refractivity contribution >= 4 is 23.7 Å². The fraction of sp³-hybridized carbons (Fsp3) is 0.462. The summed E-state index contributed by atoms with van der Waals surface area (Å²) >= 11 is 1.64. The Hall–Kier alpha value is -1.20. The van der Waals surface area contributed by atoms with Crippen molar-refractivity contribution in [2.45, 2.75) is 37.1 Å². The van der Waals surface area contributed by atoms with E-state index in [0.717, 1.165) is 16.5 Å². The van der Waals surface area contributed by atoms with E-state index in [1.165, 1.54) is 19.3 Å². The van der Waals surface area contributed by atoms with Crippen LogP contribution in [0.15, 0.2) is 29.2 Å². The summed E-state index contributed by atoms with van der Waals surface area (Å²) in [7, 11) is 0. The highest BCUT2D eigenvalue weighted by Crippen LogP contribution is 2.31. The number of nitrogens with two attached hydrogens (primary N) is 1. The minimum Gasteiger partial charge on any atom is -0.351 e. The lowest BCUT2D eigenvalue weighted by Gasteiger charge is -2.31. The molecule has 1 aliphatic rings. The second-order valence-corrected chi connectivity index (χ2v) is 5.62. The summed E-state index contributed by atoms with van der Waals surface area (Å²) in [5, 5.41) is 2.54. The number of anilines is 1. The third kappa shape index (κ3) is 3.65. The fourth-order valence-electron chi connectivity index (χ4n) is 1.95. The Morgan fingerprint density at radius 1 is 1.39 bits per heavy atom. The van der Waals surface area contributed by atoms with Gasteiger partial charge in [-0.2, -0.15) is 0 Å². The maximum atomic E-state index is 10.7. The van der Waals surface area contributed by atoms with Crippen molar-refractivity contribution in [3.8, 4) is 0 Å². The number of hydrogen-bond acceptors (Lipinski definition) is 3. The fourth-order valence-corrected chi connectivity index (χ4v) is 2.73. The molecule has 18 heavy (non-hydrogen) atoms. The predicted molar refractivity (Wildman–Crippen MR) is 75.4 cm³/mol. The molecular weight excluding hydrogens is 246 g/mol. The molecule has 2 rings (SSSR count). The molecule has 0 bridgehead atoms. The predicted octanol–water partition coefficient (Wildman–Crippen LogP) is 2.96. The summed E-state index contributed by atoms with van der Waals surface area (Å²) in [6.07, 6.45) is 4.06. The third-order valence-electron chi connectivity index (χ3n) is 3.34. The first-order valence-corrected chi connectivity index (χ1v) is 7.05. The molecule has 0 heterocycles. The molecule has 1 saturated carbocycles. The number of benzene rings is 1. The van der Waals surface area contributed by atoms with Crippen LogP contribution in [0.4, 0.5) is 10.5 Å². The largest absolute Gasteiger partial charge is 0.351 e. The van der Waals surface area contributed by atoms with E-state index in [2.05, 4.69) is 17.0 Å². The first kappa shape index (κ1) is 13.2. The summed E-state index contributed by atoms with van der Waals surface area (Å²) in [6.45, 7) is 2.24. The van der Waals surface area contributed by atoms with Gasteiger partial charge in [-0.25, -0.2) is 4.79 Å². The lowest BCUT2D eigenvalue weighted by atomic mass is 9.81. The highest BCUT2D eigenvalue weighted by molar-refractivity contribution is 7.97. The van der Waals surface area contributed by atoms with Crippen LogP contribution in [-0.2, 0) is 0 Å². The highest BCUT2D eigenvalue weighted by Gasteiger charge is 2.23. The molecule has 5 heteroatoms. The van der Waals surface area contributed by atoms with E-state index in [9.17, 15) is 4.79 Å². The van der Waals surface area contributed by atoms with E-state index in [1.54, 1.807) is 11.9 Å². The van der Waals surface area contributed by atoms with Crippen molar-refractivity contribution in [1.29, 1.82) is 0 Å². The Morgan fingerprint density at radius 3 is 2.56 bits per heavy atom. The van der Waals surface area contributed by atoms with Crippen LogP contribution in [0.25, 0.3) is 0 Å². The molecular formula is C13H19N3OS. The molecule has 0 saturated heterocycles. The molecule has 0 radical (unpaired) electrons. The van der Waals surface area contributed by atoms with E-state index in [-0.39, 0.29) is 0 Å². The van der Waals surface area contributed by atoms with Crippen LogP contribution in [0.1, 0.15) is 26.2 Å². The lowest BCUT2D eigenvalue weighted by Crippen LogP contribution is -2.33. The summed E-state index contributed by atoms with van der Waals surface area (Å²) in [5.41, 5.74) is 5.77. The van der Waals surface area contributed by atoms with Crippen molar-refractivity contribution in [1.82, 2.24) is 4.72 Å². The van der Waals surface area contributed by atoms with Crippen LogP contribution in [0, 0.1) is 5.92 Å². The number of carbonyl (C=O) groups excluding carboxylic acids is 1. The van der Waals surface area contributed by atoms with E-state index >= 15 is 0 Å². The standard InChI is InChI=1S/C13H19N3OS/c1-9(10-3-2-4-10)16-18-12-7-5-11(6-8-12)15-13(14)17/h5-10,16H,2-4H2,1H3,(H3,14,15,17). The normalized spacial score (nSPS) is 16.9. The Labute approximate surface area is 112 Å². The average molecular weight is 265 g/mol. The Balaban J connectivity index is 1.80. The maximum absolute atomic E-state index is 10.7. The van der Waals surface area contributed by atoms with Crippen LogP contribution in [-0.4, -0.2) is 12.1 Å². The lowest BCUT2D eigenvalue weighted by molar-refractivity contribution is 0.259. The molecule has 2 amide bonds. The minimum atomic E-state index is -0.535. The number of primary amides is 1. The summed E-state index contributed by atoms with van der Waals surface area (Å²) < 4.78 is 3.47. The Bertz CT molecular complexity index is 403. The Kier molecular flexibility index (Phi) is 4.49. The van der Waals surface area contributed by atoms with Crippen molar-refractivity contribution < 1.29 is 4.79 Å². The van der Waals surface area contributed by atoms with E-state index in [0.29, 0.717) is 6.04 Å². The van der Waals surface area contributed by atoms with Crippen molar-refractivity contribution in [2.75, 3.05) is 5.32 Å². The molecule has 0 aliphatic heterocycles. The number of carbonyl (C=O) groups is 1. The zero-order valence-corrected chi connectivity index (χ0v) is 11.3. The van der Waals surface area contributed by atoms with Gasteiger partial charge in [0.25, 0.3) is 0 Å². The second kappa shape index (κ2) is 6.11. The topological polar surface area (TPSA) is 67.2 Å².